The molecule has 4 rings (SSSR count). The van der Waals surface area contributed by atoms with Crippen molar-refractivity contribution in [3.63, 3.8) is 0 Å². The Hall–Kier alpha value is -3.36. The SMILES string of the molecule is COCCn1c(SCC(=O)NCCc2ccccc2)nnc1-c1cc2ccccc2cc1O. The Kier molecular flexibility index (Phi) is 7.59. The molecule has 0 aliphatic heterocycles. The number of benzene rings is 3. The van der Waals surface area contributed by atoms with Crippen LogP contribution in [-0.4, -0.2) is 51.8 Å². The molecular weight excluding hydrogens is 436 g/mol. The first-order chi connectivity index (χ1) is 16.2. The standard InChI is InChI=1S/C25H26N4O3S/c1-32-14-13-29-24(21-15-19-9-5-6-10-20(19)16-22(21)30)27-28-25(29)33-17-23(31)26-12-11-18-7-3-2-4-8-18/h2-10,15-16,30H,11-14,17H2,1H3,(H,26,31). The molecule has 0 aliphatic carbocycles. The molecule has 3 aromatic carbocycles. The van der Waals surface area contributed by atoms with Crippen LogP contribution in [0.25, 0.3) is 22.2 Å². The third-order valence-electron chi connectivity index (χ3n) is 5.25. The molecule has 0 unspecified atom stereocenters. The highest BCUT2D eigenvalue weighted by Crippen LogP contribution is 2.34. The quantitative estimate of drug-likeness (QED) is 0.348. The zero-order valence-electron chi connectivity index (χ0n) is 18.4. The van der Waals surface area contributed by atoms with Crippen LogP contribution < -0.4 is 5.32 Å². The maximum atomic E-state index is 12.4. The molecule has 0 atom stereocenters. The Morgan fingerprint density at radius 1 is 1.06 bits per heavy atom. The zero-order chi connectivity index (χ0) is 23.0. The van der Waals surface area contributed by atoms with E-state index in [0.717, 1.165) is 17.2 Å². The van der Waals surface area contributed by atoms with E-state index in [4.69, 9.17) is 4.74 Å². The van der Waals surface area contributed by atoms with Crippen LogP contribution in [0.2, 0.25) is 0 Å². The number of carbonyl (C=O) groups excluding carboxylic acids is 1. The molecule has 2 N–H and O–H groups in total. The zero-order valence-corrected chi connectivity index (χ0v) is 19.2. The van der Waals surface area contributed by atoms with Crippen LogP contribution in [0.3, 0.4) is 0 Å². The van der Waals surface area contributed by atoms with Crippen molar-refractivity contribution >= 4 is 28.4 Å². The molecule has 8 heteroatoms. The second-order valence-corrected chi connectivity index (χ2v) is 8.48. The van der Waals surface area contributed by atoms with Gasteiger partial charge < -0.3 is 15.2 Å². The van der Waals surface area contributed by atoms with Crippen LogP contribution in [0.5, 0.6) is 5.75 Å². The van der Waals surface area contributed by atoms with Crippen LogP contribution >= 0.6 is 11.8 Å². The number of thioether (sulfide) groups is 1. The van der Waals surface area contributed by atoms with Crippen molar-refractivity contribution in [1.29, 1.82) is 0 Å². The Balaban J connectivity index is 1.46. The number of aromatic hydroxyl groups is 1. The van der Waals surface area contributed by atoms with Crippen molar-refractivity contribution in [2.75, 3.05) is 26.0 Å². The fraction of sp³-hybridized carbons (Fsp3) is 0.240. The molecule has 0 saturated carbocycles. The van der Waals surface area contributed by atoms with Crippen LogP contribution in [0.15, 0.2) is 71.9 Å². The Morgan fingerprint density at radius 2 is 1.79 bits per heavy atom. The largest absolute Gasteiger partial charge is 0.507 e. The molecule has 1 aromatic heterocycles. The number of fused-ring (bicyclic) bond motifs is 1. The predicted molar refractivity (Wildman–Crippen MR) is 130 cm³/mol. The summed E-state index contributed by atoms with van der Waals surface area (Å²) in [7, 11) is 1.63. The number of aromatic nitrogens is 3. The first-order valence-electron chi connectivity index (χ1n) is 10.7. The summed E-state index contributed by atoms with van der Waals surface area (Å²) in [4.78, 5) is 12.4. The van der Waals surface area contributed by atoms with Gasteiger partial charge in [0.15, 0.2) is 11.0 Å². The number of hydrogen-bond acceptors (Lipinski definition) is 6. The number of amides is 1. The molecule has 0 fully saturated rings. The third-order valence-corrected chi connectivity index (χ3v) is 6.22. The average Bonchev–Trinajstić information content (AvgIpc) is 3.24. The van der Waals surface area contributed by atoms with Crippen LogP contribution in [0.4, 0.5) is 0 Å². The van der Waals surface area contributed by atoms with E-state index >= 15 is 0 Å². The fourth-order valence-electron chi connectivity index (χ4n) is 3.56. The third kappa shape index (κ3) is 5.71. The van der Waals surface area contributed by atoms with Gasteiger partial charge in [-0.2, -0.15) is 0 Å². The van der Waals surface area contributed by atoms with Gasteiger partial charge in [-0.25, -0.2) is 0 Å². The first-order valence-corrected chi connectivity index (χ1v) is 11.7. The second-order valence-electron chi connectivity index (χ2n) is 7.54. The number of rotatable bonds is 10. The summed E-state index contributed by atoms with van der Waals surface area (Å²) >= 11 is 1.32. The average molecular weight is 463 g/mol. The Morgan fingerprint density at radius 3 is 2.55 bits per heavy atom. The highest BCUT2D eigenvalue weighted by Gasteiger charge is 2.18. The van der Waals surface area contributed by atoms with Gasteiger partial charge in [0, 0.05) is 13.7 Å². The summed E-state index contributed by atoms with van der Waals surface area (Å²) in [6.07, 6.45) is 0.784. The number of ether oxygens (including phenoxy) is 1. The van der Waals surface area contributed by atoms with E-state index in [2.05, 4.69) is 15.5 Å². The molecule has 0 spiro atoms. The molecule has 0 aliphatic rings. The minimum Gasteiger partial charge on any atom is -0.507 e. The summed E-state index contributed by atoms with van der Waals surface area (Å²) in [5, 5.41) is 24.8. The molecular formula is C25H26N4O3S. The van der Waals surface area contributed by atoms with E-state index in [-0.39, 0.29) is 17.4 Å². The molecule has 33 heavy (non-hydrogen) atoms. The van der Waals surface area contributed by atoms with Crippen molar-refractivity contribution in [1.82, 2.24) is 20.1 Å². The highest BCUT2D eigenvalue weighted by atomic mass is 32.2. The van der Waals surface area contributed by atoms with Crippen molar-refractivity contribution < 1.29 is 14.6 Å². The van der Waals surface area contributed by atoms with E-state index in [1.54, 1.807) is 13.2 Å². The van der Waals surface area contributed by atoms with E-state index in [1.165, 1.54) is 17.3 Å². The number of phenols is 1. The van der Waals surface area contributed by atoms with Gasteiger partial charge in [0.05, 0.1) is 24.5 Å². The maximum Gasteiger partial charge on any atom is 0.230 e. The Labute approximate surface area is 196 Å². The number of phenolic OH excluding ortho intramolecular Hbond substituents is 1. The lowest BCUT2D eigenvalue weighted by molar-refractivity contribution is -0.118. The van der Waals surface area contributed by atoms with Gasteiger partial charge in [-0.1, -0.05) is 66.4 Å². The van der Waals surface area contributed by atoms with E-state index in [0.29, 0.717) is 36.2 Å². The number of hydrogen-bond donors (Lipinski definition) is 2. The molecule has 1 amide bonds. The molecule has 4 aromatic rings. The summed E-state index contributed by atoms with van der Waals surface area (Å²) in [5.74, 6) is 0.841. The smallest absolute Gasteiger partial charge is 0.230 e. The van der Waals surface area contributed by atoms with Gasteiger partial charge in [0.1, 0.15) is 5.75 Å². The van der Waals surface area contributed by atoms with E-state index in [9.17, 15) is 9.90 Å². The number of methoxy groups -OCH3 is 1. The van der Waals surface area contributed by atoms with Crippen LogP contribution in [0, 0.1) is 0 Å². The second kappa shape index (κ2) is 11.0. The summed E-state index contributed by atoms with van der Waals surface area (Å²) in [6, 6.07) is 21.5. The topological polar surface area (TPSA) is 89.3 Å². The lowest BCUT2D eigenvalue weighted by atomic mass is 10.1. The van der Waals surface area contributed by atoms with E-state index in [1.807, 2.05) is 65.2 Å². The number of nitrogens with zero attached hydrogens (tertiary/aromatic N) is 3. The lowest BCUT2D eigenvalue weighted by Crippen LogP contribution is -2.27. The van der Waals surface area contributed by atoms with Crippen LogP contribution in [-0.2, 0) is 22.5 Å². The van der Waals surface area contributed by atoms with E-state index < -0.39 is 0 Å². The van der Waals surface area contributed by atoms with Gasteiger partial charge in [-0.05, 0) is 34.9 Å². The highest BCUT2D eigenvalue weighted by molar-refractivity contribution is 7.99. The molecule has 0 saturated heterocycles. The minimum absolute atomic E-state index is 0.0627. The van der Waals surface area contributed by atoms with Crippen LogP contribution in [0.1, 0.15) is 5.56 Å². The van der Waals surface area contributed by atoms with Gasteiger partial charge in [0.2, 0.25) is 5.91 Å². The molecule has 0 bridgehead atoms. The molecule has 170 valence electrons. The molecule has 1 heterocycles. The van der Waals surface area contributed by atoms with Gasteiger partial charge in [0.25, 0.3) is 0 Å². The Bertz CT molecular complexity index is 1230. The fourth-order valence-corrected chi connectivity index (χ4v) is 4.35. The molecule has 7 nitrogen and oxygen atoms in total. The van der Waals surface area contributed by atoms with Crippen molar-refractivity contribution in [2.45, 2.75) is 18.1 Å². The van der Waals surface area contributed by atoms with Gasteiger partial charge in [-0.15, -0.1) is 10.2 Å². The minimum atomic E-state index is -0.0627. The normalized spacial score (nSPS) is 11.1. The predicted octanol–water partition coefficient (Wildman–Crippen LogP) is 3.90. The summed E-state index contributed by atoms with van der Waals surface area (Å²) in [6.45, 7) is 1.54. The maximum absolute atomic E-state index is 12.4. The first kappa shape index (κ1) is 22.8. The summed E-state index contributed by atoms with van der Waals surface area (Å²) in [5.41, 5.74) is 1.78. The number of nitrogens with one attached hydrogen (secondary N) is 1. The number of carbonyl (C=O) groups is 1. The van der Waals surface area contributed by atoms with Crippen molar-refractivity contribution in [3.8, 4) is 17.1 Å². The summed E-state index contributed by atoms with van der Waals surface area (Å²) < 4.78 is 7.14. The lowest BCUT2D eigenvalue weighted by Gasteiger charge is -2.11. The van der Waals surface area contributed by atoms with Crippen molar-refractivity contribution in [2.24, 2.45) is 0 Å². The van der Waals surface area contributed by atoms with Crippen molar-refractivity contribution in [3.05, 3.63) is 72.3 Å². The monoisotopic (exact) mass is 462 g/mol. The van der Waals surface area contributed by atoms with Gasteiger partial charge >= 0.3 is 0 Å². The molecule has 0 radical (unpaired) electrons. The van der Waals surface area contributed by atoms with Gasteiger partial charge in [-0.3, -0.25) is 9.36 Å².